The Bertz CT molecular complexity index is 210. The average molecular weight is 164 g/mol. The monoisotopic (exact) mass is 164 g/mol. The molecule has 1 aromatic rings. The van der Waals surface area contributed by atoms with Crippen LogP contribution in [0.4, 0.5) is 0 Å². The Hall–Kier alpha value is -0.790. The molecule has 0 saturated heterocycles. The number of nitrogens with zero attached hydrogens (tertiary/aromatic N) is 1. The average Bonchev–Trinajstić information content (AvgIpc) is 2.59. The van der Waals surface area contributed by atoms with E-state index in [1.807, 2.05) is 6.20 Å². The van der Waals surface area contributed by atoms with Crippen LogP contribution < -0.4 is 0 Å². The SMILES string of the molecule is c1cc(CC2CCCCC2)[nH]n1. The van der Waals surface area contributed by atoms with Gasteiger partial charge in [-0.05, 0) is 18.4 Å². The summed E-state index contributed by atoms with van der Waals surface area (Å²) in [5, 5.41) is 7.00. The molecule has 0 atom stereocenters. The zero-order valence-corrected chi connectivity index (χ0v) is 7.42. The van der Waals surface area contributed by atoms with Gasteiger partial charge in [0.05, 0.1) is 0 Å². The highest BCUT2D eigenvalue weighted by Crippen LogP contribution is 2.25. The van der Waals surface area contributed by atoms with Crippen molar-refractivity contribution in [1.29, 1.82) is 0 Å². The van der Waals surface area contributed by atoms with Crippen molar-refractivity contribution in [3.8, 4) is 0 Å². The lowest BCUT2D eigenvalue weighted by Crippen LogP contribution is -2.09. The number of hydrogen-bond acceptors (Lipinski definition) is 1. The summed E-state index contributed by atoms with van der Waals surface area (Å²) in [7, 11) is 0. The Morgan fingerprint density at radius 1 is 1.33 bits per heavy atom. The molecule has 1 aliphatic rings. The second-order valence-electron chi connectivity index (χ2n) is 3.79. The Labute approximate surface area is 73.4 Å². The van der Waals surface area contributed by atoms with Crippen molar-refractivity contribution >= 4 is 0 Å². The number of aromatic nitrogens is 2. The van der Waals surface area contributed by atoms with E-state index in [-0.39, 0.29) is 0 Å². The minimum atomic E-state index is 0.916. The number of H-pyrrole nitrogens is 1. The quantitative estimate of drug-likeness (QED) is 0.715. The van der Waals surface area contributed by atoms with Gasteiger partial charge >= 0.3 is 0 Å². The van der Waals surface area contributed by atoms with Gasteiger partial charge in [-0.15, -0.1) is 0 Å². The first-order valence-corrected chi connectivity index (χ1v) is 4.93. The summed E-state index contributed by atoms with van der Waals surface area (Å²) in [5.41, 5.74) is 1.31. The van der Waals surface area contributed by atoms with Crippen LogP contribution in [0.5, 0.6) is 0 Å². The molecule has 0 aromatic carbocycles. The second-order valence-corrected chi connectivity index (χ2v) is 3.79. The molecule has 1 heterocycles. The van der Waals surface area contributed by atoms with Gasteiger partial charge in [0.1, 0.15) is 0 Å². The summed E-state index contributed by atoms with van der Waals surface area (Å²) in [6.45, 7) is 0. The lowest BCUT2D eigenvalue weighted by Gasteiger charge is -2.20. The number of hydrogen-bond donors (Lipinski definition) is 1. The molecule has 0 aliphatic heterocycles. The third kappa shape index (κ3) is 1.87. The first kappa shape index (κ1) is 7.84. The number of rotatable bonds is 2. The Morgan fingerprint density at radius 2 is 2.17 bits per heavy atom. The van der Waals surface area contributed by atoms with E-state index in [0.717, 1.165) is 5.92 Å². The van der Waals surface area contributed by atoms with E-state index >= 15 is 0 Å². The summed E-state index contributed by atoms with van der Waals surface area (Å²) in [5.74, 6) is 0.916. The van der Waals surface area contributed by atoms with Crippen molar-refractivity contribution in [2.24, 2.45) is 5.92 Å². The summed E-state index contributed by atoms with van der Waals surface area (Å²) in [6, 6.07) is 2.09. The first-order valence-electron chi connectivity index (χ1n) is 4.93. The van der Waals surface area contributed by atoms with Crippen LogP contribution in [0.2, 0.25) is 0 Å². The molecule has 1 aliphatic carbocycles. The van der Waals surface area contributed by atoms with E-state index in [9.17, 15) is 0 Å². The first-order chi connectivity index (χ1) is 5.95. The second kappa shape index (κ2) is 3.74. The molecular weight excluding hydrogens is 148 g/mol. The Kier molecular flexibility index (Phi) is 2.45. The normalized spacial score (nSPS) is 19.7. The fourth-order valence-electron chi connectivity index (χ4n) is 2.10. The van der Waals surface area contributed by atoms with Gasteiger partial charge in [-0.2, -0.15) is 5.10 Å². The van der Waals surface area contributed by atoms with Gasteiger partial charge in [-0.3, -0.25) is 5.10 Å². The minimum Gasteiger partial charge on any atom is -0.283 e. The van der Waals surface area contributed by atoms with Crippen LogP contribution in [0.25, 0.3) is 0 Å². The van der Waals surface area contributed by atoms with E-state index in [1.54, 1.807) is 0 Å². The predicted molar refractivity (Wildman–Crippen MR) is 48.9 cm³/mol. The molecule has 1 fully saturated rings. The van der Waals surface area contributed by atoms with E-state index in [4.69, 9.17) is 0 Å². The van der Waals surface area contributed by atoms with Gasteiger partial charge in [0.25, 0.3) is 0 Å². The highest BCUT2D eigenvalue weighted by atomic mass is 15.1. The van der Waals surface area contributed by atoms with Crippen LogP contribution in [-0.2, 0) is 6.42 Å². The molecule has 12 heavy (non-hydrogen) atoms. The fraction of sp³-hybridized carbons (Fsp3) is 0.700. The maximum atomic E-state index is 3.96. The largest absolute Gasteiger partial charge is 0.283 e. The number of aromatic amines is 1. The van der Waals surface area contributed by atoms with Gasteiger partial charge in [-0.25, -0.2) is 0 Å². The van der Waals surface area contributed by atoms with E-state index < -0.39 is 0 Å². The Balaban J connectivity index is 1.86. The van der Waals surface area contributed by atoms with Crippen molar-refractivity contribution in [3.05, 3.63) is 18.0 Å². The van der Waals surface area contributed by atoms with Crippen LogP contribution in [-0.4, -0.2) is 10.2 Å². The minimum absolute atomic E-state index is 0.916. The van der Waals surface area contributed by atoms with Gasteiger partial charge in [0.15, 0.2) is 0 Å². The zero-order chi connectivity index (χ0) is 8.23. The predicted octanol–water partition coefficient (Wildman–Crippen LogP) is 2.53. The maximum Gasteiger partial charge on any atom is 0.0490 e. The highest BCUT2D eigenvalue weighted by molar-refractivity contribution is 4.98. The van der Waals surface area contributed by atoms with Crippen molar-refractivity contribution in [3.63, 3.8) is 0 Å². The van der Waals surface area contributed by atoms with E-state index in [1.165, 1.54) is 44.2 Å². The van der Waals surface area contributed by atoms with Crippen molar-refractivity contribution in [1.82, 2.24) is 10.2 Å². The molecule has 1 aromatic heterocycles. The lowest BCUT2D eigenvalue weighted by atomic mass is 9.86. The number of nitrogens with one attached hydrogen (secondary N) is 1. The maximum absolute atomic E-state index is 3.96. The van der Waals surface area contributed by atoms with Gasteiger partial charge in [-0.1, -0.05) is 32.1 Å². The summed E-state index contributed by atoms with van der Waals surface area (Å²) < 4.78 is 0. The van der Waals surface area contributed by atoms with E-state index in [0.29, 0.717) is 0 Å². The summed E-state index contributed by atoms with van der Waals surface area (Å²) >= 11 is 0. The van der Waals surface area contributed by atoms with Crippen molar-refractivity contribution in [2.45, 2.75) is 38.5 Å². The van der Waals surface area contributed by atoms with E-state index in [2.05, 4.69) is 16.3 Å². The van der Waals surface area contributed by atoms with Crippen LogP contribution >= 0.6 is 0 Å². The lowest BCUT2D eigenvalue weighted by molar-refractivity contribution is 0.354. The van der Waals surface area contributed by atoms with Gasteiger partial charge in [0, 0.05) is 11.9 Å². The standard InChI is InChI=1S/C10H16N2/c1-2-4-9(5-3-1)8-10-6-7-11-12-10/h6-7,9H,1-5,8H2,(H,11,12). The smallest absolute Gasteiger partial charge is 0.0490 e. The molecule has 0 radical (unpaired) electrons. The highest BCUT2D eigenvalue weighted by Gasteiger charge is 2.13. The molecule has 0 spiro atoms. The summed E-state index contributed by atoms with van der Waals surface area (Å²) in [6.07, 6.45) is 10.2. The summed E-state index contributed by atoms with van der Waals surface area (Å²) in [4.78, 5) is 0. The third-order valence-corrected chi connectivity index (χ3v) is 2.79. The van der Waals surface area contributed by atoms with Crippen LogP contribution in [0.15, 0.2) is 12.3 Å². The molecule has 66 valence electrons. The van der Waals surface area contributed by atoms with Crippen LogP contribution in [0.1, 0.15) is 37.8 Å². The van der Waals surface area contributed by atoms with Crippen molar-refractivity contribution < 1.29 is 0 Å². The molecule has 1 saturated carbocycles. The Morgan fingerprint density at radius 3 is 2.83 bits per heavy atom. The van der Waals surface area contributed by atoms with Gasteiger partial charge < -0.3 is 0 Å². The molecule has 0 unspecified atom stereocenters. The zero-order valence-electron chi connectivity index (χ0n) is 7.42. The molecule has 1 N–H and O–H groups in total. The molecule has 0 amide bonds. The molecule has 2 heteroatoms. The topological polar surface area (TPSA) is 28.7 Å². The third-order valence-electron chi connectivity index (χ3n) is 2.79. The van der Waals surface area contributed by atoms with Gasteiger partial charge in [0.2, 0.25) is 0 Å². The molecular formula is C10H16N2. The molecule has 2 nitrogen and oxygen atoms in total. The fourth-order valence-corrected chi connectivity index (χ4v) is 2.10. The van der Waals surface area contributed by atoms with Crippen molar-refractivity contribution in [2.75, 3.05) is 0 Å². The van der Waals surface area contributed by atoms with Crippen LogP contribution in [0, 0.1) is 5.92 Å². The molecule has 2 rings (SSSR count). The molecule has 0 bridgehead atoms. The van der Waals surface area contributed by atoms with Crippen LogP contribution in [0.3, 0.4) is 0 Å².